The minimum Gasteiger partial charge on any atom is -0.497 e. The molecule has 0 saturated carbocycles. The SMILES string of the molecule is COc1cccc(CCCNC(=O)[C@H](C)Oc2cccc3c2CCCC3)c1. The van der Waals surface area contributed by atoms with Crippen molar-refractivity contribution in [1.82, 2.24) is 5.32 Å². The number of benzene rings is 2. The Bertz CT molecular complexity index is 772. The van der Waals surface area contributed by atoms with E-state index in [0.717, 1.165) is 37.2 Å². The van der Waals surface area contributed by atoms with Crippen molar-refractivity contribution in [3.63, 3.8) is 0 Å². The Kier molecular flexibility index (Phi) is 6.74. The first-order valence-corrected chi connectivity index (χ1v) is 9.85. The van der Waals surface area contributed by atoms with Crippen LogP contribution >= 0.6 is 0 Å². The Morgan fingerprint density at radius 3 is 2.81 bits per heavy atom. The predicted octanol–water partition coefficient (Wildman–Crippen LogP) is 4.09. The standard InChI is InChI=1S/C23H29NO3/c1-17(27-22-14-6-11-19-10-3-4-13-21(19)22)23(25)24-15-7-9-18-8-5-12-20(16-18)26-2/h5-6,8,11-12,14,16-17H,3-4,7,9-10,13,15H2,1-2H3,(H,24,25)/t17-/m0/s1. The van der Waals surface area contributed by atoms with Crippen molar-refractivity contribution < 1.29 is 14.3 Å². The van der Waals surface area contributed by atoms with E-state index in [0.29, 0.717) is 6.54 Å². The van der Waals surface area contributed by atoms with Crippen molar-refractivity contribution in [3.05, 3.63) is 59.2 Å². The van der Waals surface area contributed by atoms with Crippen LogP contribution in [0.15, 0.2) is 42.5 Å². The van der Waals surface area contributed by atoms with Gasteiger partial charge in [-0.05, 0) is 80.3 Å². The molecule has 4 nitrogen and oxygen atoms in total. The van der Waals surface area contributed by atoms with Crippen LogP contribution in [0.4, 0.5) is 0 Å². The van der Waals surface area contributed by atoms with Gasteiger partial charge in [-0.15, -0.1) is 0 Å². The van der Waals surface area contributed by atoms with Gasteiger partial charge in [0, 0.05) is 6.54 Å². The van der Waals surface area contributed by atoms with E-state index >= 15 is 0 Å². The highest BCUT2D eigenvalue weighted by Gasteiger charge is 2.19. The molecule has 0 radical (unpaired) electrons. The van der Waals surface area contributed by atoms with Crippen molar-refractivity contribution in [2.75, 3.05) is 13.7 Å². The number of fused-ring (bicyclic) bond motifs is 1. The predicted molar refractivity (Wildman–Crippen MR) is 107 cm³/mol. The highest BCUT2D eigenvalue weighted by atomic mass is 16.5. The number of rotatable bonds is 8. The molecule has 1 N–H and O–H groups in total. The fourth-order valence-corrected chi connectivity index (χ4v) is 3.58. The third kappa shape index (κ3) is 5.25. The smallest absolute Gasteiger partial charge is 0.260 e. The van der Waals surface area contributed by atoms with Crippen molar-refractivity contribution in [3.8, 4) is 11.5 Å². The Morgan fingerprint density at radius 1 is 1.15 bits per heavy atom. The van der Waals surface area contributed by atoms with Gasteiger partial charge in [-0.25, -0.2) is 0 Å². The number of methoxy groups -OCH3 is 1. The lowest BCUT2D eigenvalue weighted by molar-refractivity contribution is -0.127. The fourth-order valence-electron chi connectivity index (χ4n) is 3.58. The number of ether oxygens (including phenoxy) is 2. The maximum absolute atomic E-state index is 12.4. The molecule has 1 amide bonds. The Hall–Kier alpha value is -2.49. The first kappa shape index (κ1) is 19.3. The Morgan fingerprint density at radius 2 is 1.96 bits per heavy atom. The van der Waals surface area contributed by atoms with E-state index < -0.39 is 6.10 Å². The maximum atomic E-state index is 12.4. The average Bonchev–Trinajstić information content (AvgIpc) is 2.71. The molecule has 27 heavy (non-hydrogen) atoms. The Labute approximate surface area is 161 Å². The molecule has 0 aliphatic heterocycles. The zero-order valence-electron chi connectivity index (χ0n) is 16.3. The number of carbonyl (C=O) groups excluding carboxylic acids is 1. The molecule has 1 atom stereocenters. The molecular formula is C23H29NO3. The molecule has 0 bridgehead atoms. The minimum atomic E-state index is -0.491. The van der Waals surface area contributed by atoms with E-state index in [9.17, 15) is 4.79 Å². The van der Waals surface area contributed by atoms with Crippen LogP contribution in [0.2, 0.25) is 0 Å². The third-order valence-electron chi connectivity index (χ3n) is 5.10. The molecule has 1 aliphatic carbocycles. The summed E-state index contributed by atoms with van der Waals surface area (Å²) in [5.41, 5.74) is 3.86. The number of hydrogen-bond acceptors (Lipinski definition) is 3. The van der Waals surface area contributed by atoms with Crippen molar-refractivity contribution in [2.45, 2.75) is 51.6 Å². The molecule has 2 aromatic rings. The molecule has 4 heteroatoms. The zero-order chi connectivity index (χ0) is 19.1. The topological polar surface area (TPSA) is 47.6 Å². The number of carbonyl (C=O) groups is 1. The minimum absolute atomic E-state index is 0.0611. The lowest BCUT2D eigenvalue weighted by atomic mass is 9.91. The summed E-state index contributed by atoms with van der Waals surface area (Å²) in [6, 6.07) is 14.2. The molecular weight excluding hydrogens is 338 g/mol. The highest BCUT2D eigenvalue weighted by molar-refractivity contribution is 5.80. The van der Waals surface area contributed by atoms with Gasteiger partial charge in [-0.2, -0.15) is 0 Å². The van der Waals surface area contributed by atoms with E-state index in [1.807, 2.05) is 37.3 Å². The largest absolute Gasteiger partial charge is 0.497 e. The third-order valence-corrected chi connectivity index (χ3v) is 5.10. The van der Waals surface area contributed by atoms with Crippen LogP contribution in [0, 0.1) is 0 Å². The van der Waals surface area contributed by atoms with Crippen LogP contribution in [-0.4, -0.2) is 25.7 Å². The van der Waals surface area contributed by atoms with Crippen LogP contribution in [0.3, 0.4) is 0 Å². The quantitative estimate of drug-likeness (QED) is 0.715. The first-order chi connectivity index (χ1) is 13.2. The van der Waals surface area contributed by atoms with Crippen LogP contribution in [0.5, 0.6) is 11.5 Å². The van der Waals surface area contributed by atoms with E-state index in [4.69, 9.17) is 9.47 Å². The molecule has 0 spiro atoms. The van der Waals surface area contributed by atoms with Gasteiger partial charge in [0.25, 0.3) is 5.91 Å². The molecule has 144 valence electrons. The summed E-state index contributed by atoms with van der Waals surface area (Å²) in [5.74, 6) is 1.67. The summed E-state index contributed by atoms with van der Waals surface area (Å²) < 4.78 is 11.2. The van der Waals surface area contributed by atoms with Gasteiger partial charge >= 0.3 is 0 Å². The molecule has 0 fully saturated rings. The van der Waals surface area contributed by atoms with Crippen LogP contribution in [-0.2, 0) is 24.1 Å². The number of nitrogens with one attached hydrogen (secondary N) is 1. The summed E-state index contributed by atoms with van der Waals surface area (Å²) in [5, 5.41) is 2.99. The Balaban J connectivity index is 1.45. The van der Waals surface area contributed by atoms with Crippen molar-refractivity contribution in [1.29, 1.82) is 0 Å². The van der Waals surface area contributed by atoms with Crippen molar-refractivity contribution in [2.24, 2.45) is 0 Å². The molecule has 2 aromatic carbocycles. The van der Waals surface area contributed by atoms with Gasteiger partial charge in [0.1, 0.15) is 11.5 Å². The lowest BCUT2D eigenvalue weighted by Gasteiger charge is -2.22. The van der Waals surface area contributed by atoms with E-state index in [1.54, 1.807) is 7.11 Å². The molecule has 0 saturated heterocycles. The van der Waals surface area contributed by atoms with Crippen LogP contribution in [0.25, 0.3) is 0 Å². The molecule has 0 aromatic heterocycles. The first-order valence-electron chi connectivity index (χ1n) is 9.85. The van der Waals surface area contributed by atoms with E-state index in [2.05, 4.69) is 17.4 Å². The molecule has 3 rings (SSSR count). The summed E-state index contributed by atoms with van der Waals surface area (Å²) in [4.78, 5) is 12.4. The molecule has 0 heterocycles. The van der Waals surface area contributed by atoms with Gasteiger partial charge in [0.2, 0.25) is 0 Å². The lowest BCUT2D eigenvalue weighted by Crippen LogP contribution is -2.37. The maximum Gasteiger partial charge on any atom is 0.260 e. The molecule has 1 aliphatic rings. The zero-order valence-corrected chi connectivity index (χ0v) is 16.3. The number of aryl methyl sites for hydroxylation is 2. The van der Waals surface area contributed by atoms with Gasteiger partial charge in [-0.1, -0.05) is 24.3 Å². The van der Waals surface area contributed by atoms with Crippen LogP contribution < -0.4 is 14.8 Å². The van der Waals surface area contributed by atoms with Gasteiger partial charge in [0.15, 0.2) is 6.10 Å². The normalized spacial score (nSPS) is 14.1. The van der Waals surface area contributed by atoms with E-state index in [1.165, 1.54) is 29.5 Å². The van der Waals surface area contributed by atoms with Gasteiger partial charge < -0.3 is 14.8 Å². The van der Waals surface area contributed by atoms with E-state index in [-0.39, 0.29) is 5.91 Å². The summed E-state index contributed by atoms with van der Waals surface area (Å²) >= 11 is 0. The second-order valence-electron chi connectivity index (χ2n) is 7.11. The van der Waals surface area contributed by atoms with Crippen molar-refractivity contribution >= 4 is 5.91 Å². The monoisotopic (exact) mass is 367 g/mol. The second-order valence-corrected chi connectivity index (χ2v) is 7.11. The van der Waals surface area contributed by atoms with Crippen LogP contribution in [0.1, 0.15) is 42.9 Å². The summed E-state index contributed by atoms with van der Waals surface area (Å²) in [6.07, 6.45) is 5.87. The van der Waals surface area contributed by atoms with Gasteiger partial charge in [-0.3, -0.25) is 4.79 Å². The second kappa shape index (κ2) is 9.45. The summed E-state index contributed by atoms with van der Waals surface area (Å²) in [6.45, 7) is 2.45. The number of amides is 1. The number of hydrogen-bond donors (Lipinski definition) is 1. The van der Waals surface area contributed by atoms with Gasteiger partial charge in [0.05, 0.1) is 7.11 Å². The summed E-state index contributed by atoms with van der Waals surface area (Å²) in [7, 11) is 1.67. The highest BCUT2D eigenvalue weighted by Crippen LogP contribution is 2.30. The molecule has 0 unspecified atom stereocenters. The average molecular weight is 367 g/mol. The fraction of sp³-hybridized carbons (Fsp3) is 0.435.